The lowest BCUT2D eigenvalue weighted by atomic mass is 9.81. The highest BCUT2D eigenvalue weighted by molar-refractivity contribution is 5.04. The van der Waals surface area contributed by atoms with E-state index < -0.39 is 0 Å². The molecule has 2 N–H and O–H groups in total. The molecule has 0 spiro atoms. The van der Waals surface area contributed by atoms with Crippen LogP contribution in [0.15, 0.2) is 12.4 Å². The Morgan fingerprint density at radius 2 is 2.26 bits per heavy atom. The first-order valence-electron chi connectivity index (χ1n) is 7.30. The van der Waals surface area contributed by atoms with E-state index in [1.807, 2.05) is 6.20 Å². The average Bonchev–Trinajstić information content (AvgIpc) is 2.89. The van der Waals surface area contributed by atoms with Gasteiger partial charge in [0, 0.05) is 43.6 Å². The molecule has 0 amide bonds. The molecule has 1 saturated heterocycles. The fourth-order valence-corrected chi connectivity index (χ4v) is 3.59. The van der Waals surface area contributed by atoms with Crippen LogP contribution in [0.25, 0.3) is 0 Å². The third-order valence-corrected chi connectivity index (χ3v) is 5.15. The molecule has 1 aromatic heterocycles. The third kappa shape index (κ3) is 2.20. The zero-order valence-corrected chi connectivity index (χ0v) is 12.0. The van der Waals surface area contributed by atoms with Gasteiger partial charge in [-0.2, -0.15) is 0 Å². The number of rotatable bonds is 2. The van der Waals surface area contributed by atoms with Gasteiger partial charge in [0.2, 0.25) is 0 Å². The van der Waals surface area contributed by atoms with E-state index in [0.29, 0.717) is 6.04 Å². The molecule has 2 aliphatic heterocycles. The first-order valence-corrected chi connectivity index (χ1v) is 7.30. The zero-order chi connectivity index (χ0) is 13.5. The van der Waals surface area contributed by atoms with E-state index in [-0.39, 0.29) is 5.54 Å². The summed E-state index contributed by atoms with van der Waals surface area (Å²) in [6.45, 7) is 7.29. The van der Waals surface area contributed by atoms with Crippen molar-refractivity contribution in [2.45, 2.75) is 44.4 Å². The van der Waals surface area contributed by atoms with Crippen LogP contribution in [0, 0.1) is 0 Å². The predicted octanol–water partition coefficient (Wildman–Crippen LogP) is 0.510. The van der Waals surface area contributed by atoms with Crippen molar-refractivity contribution in [2.75, 3.05) is 26.7 Å². The van der Waals surface area contributed by atoms with E-state index in [1.165, 1.54) is 18.7 Å². The first kappa shape index (κ1) is 13.1. The summed E-state index contributed by atoms with van der Waals surface area (Å²) in [4.78, 5) is 9.50. The highest BCUT2D eigenvalue weighted by atomic mass is 15.3. The van der Waals surface area contributed by atoms with Gasteiger partial charge in [0.05, 0.1) is 6.54 Å². The summed E-state index contributed by atoms with van der Waals surface area (Å²) in [7, 11) is 2.22. The number of aromatic nitrogens is 2. The topological polar surface area (TPSA) is 50.3 Å². The Bertz CT molecular complexity index is 443. The van der Waals surface area contributed by atoms with Crippen LogP contribution in [0.5, 0.6) is 0 Å². The van der Waals surface area contributed by atoms with Gasteiger partial charge >= 0.3 is 0 Å². The van der Waals surface area contributed by atoms with E-state index in [9.17, 15) is 0 Å². The van der Waals surface area contributed by atoms with Gasteiger partial charge in [-0.3, -0.25) is 4.90 Å². The van der Waals surface area contributed by atoms with Crippen molar-refractivity contribution >= 4 is 0 Å². The van der Waals surface area contributed by atoms with Gasteiger partial charge in [-0.05, 0) is 33.4 Å². The smallest absolute Gasteiger partial charge is 0.122 e. The molecule has 19 heavy (non-hydrogen) atoms. The maximum Gasteiger partial charge on any atom is 0.122 e. The maximum atomic E-state index is 6.18. The fourth-order valence-electron chi connectivity index (χ4n) is 3.59. The number of nitrogens with two attached hydrogens (primary N) is 1. The molecule has 0 bridgehead atoms. The van der Waals surface area contributed by atoms with E-state index in [4.69, 9.17) is 5.73 Å². The Labute approximate surface area is 115 Å². The second-order valence-electron chi connectivity index (χ2n) is 6.17. The van der Waals surface area contributed by atoms with Crippen molar-refractivity contribution in [3.8, 4) is 0 Å². The molecule has 0 radical (unpaired) electrons. The standard InChI is InChI=1S/C14H25N5/c1-12-9-14(11-15,3-5-17(12)2)19-8-7-18-6-4-16-13(18)10-19/h4,6,12H,3,5,7-11,15H2,1-2H3. The second-order valence-corrected chi connectivity index (χ2v) is 6.17. The second kappa shape index (κ2) is 4.89. The summed E-state index contributed by atoms with van der Waals surface area (Å²) < 4.78 is 2.26. The Hall–Kier alpha value is -0.910. The summed E-state index contributed by atoms with van der Waals surface area (Å²) in [5, 5.41) is 0. The number of nitrogens with zero attached hydrogens (tertiary/aromatic N) is 4. The summed E-state index contributed by atoms with van der Waals surface area (Å²) in [5.41, 5.74) is 6.35. The molecule has 3 rings (SSSR count). The Morgan fingerprint density at radius 1 is 1.42 bits per heavy atom. The van der Waals surface area contributed by atoms with Crippen molar-refractivity contribution in [2.24, 2.45) is 5.73 Å². The van der Waals surface area contributed by atoms with Crippen LogP contribution < -0.4 is 5.73 Å². The Balaban J connectivity index is 1.80. The van der Waals surface area contributed by atoms with E-state index in [0.717, 1.165) is 32.7 Å². The van der Waals surface area contributed by atoms with E-state index in [2.05, 4.69) is 39.5 Å². The molecular weight excluding hydrogens is 238 g/mol. The summed E-state index contributed by atoms with van der Waals surface area (Å²) in [6, 6.07) is 0.610. The number of imidazole rings is 1. The van der Waals surface area contributed by atoms with Crippen LogP contribution in [0.4, 0.5) is 0 Å². The molecule has 0 saturated carbocycles. The van der Waals surface area contributed by atoms with Gasteiger partial charge in [0.25, 0.3) is 0 Å². The van der Waals surface area contributed by atoms with Gasteiger partial charge in [0.1, 0.15) is 5.82 Å². The number of fused-ring (bicyclic) bond motifs is 1. The molecule has 1 aromatic rings. The molecule has 3 heterocycles. The zero-order valence-electron chi connectivity index (χ0n) is 12.0. The molecule has 0 aliphatic carbocycles. The minimum absolute atomic E-state index is 0.170. The normalized spacial score (nSPS) is 33.3. The largest absolute Gasteiger partial charge is 0.333 e. The Kier molecular flexibility index (Phi) is 3.37. The van der Waals surface area contributed by atoms with Crippen LogP contribution in [0.2, 0.25) is 0 Å². The van der Waals surface area contributed by atoms with Crippen LogP contribution >= 0.6 is 0 Å². The monoisotopic (exact) mass is 263 g/mol. The van der Waals surface area contributed by atoms with Crippen molar-refractivity contribution in [1.82, 2.24) is 19.4 Å². The SMILES string of the molecule is CC1CC(CN)(N2CCn3ccnc3C2)CCN1C. The third-order valence-electron chi connectivity index (χ3n) is 5.15. The lowest BCUT2D eigenvalue weighted by Gasteiger charge is -2.51. The van der Waals surface area contributed by atoms with Crippen molar-refractivity contribution < 1.29 is 0 Å². The van der Waals surface area contributed by atoms with Gasteiger partial charge in [-0.15, -0.1) is 0 Å². The molecule has 1 fully saturated rings. The highest BCUT2D eigenvalue weighted by Gasteiger charge is 2.41. The molecular formula is C14H25N5. The van der Waals surface area contributed by atoms with Crippen LogP contribution in [-0.2, 0) is 13.1 Å². The quantitative estimate of drug-likeness (QED) is 0.845. The first-order chi connectivity index (χ1) is 9.14. The molecule has 2 atom stereocenters. The van der Waals surface area contributed by atoms with Crippen LogP contribution in [0.1, 0.15) is 25.6 Å². The minimum Gasteiger partial charge on any atom is -0.333 e. The Morgan fingerprint density at radius 3 is 3.00 bits per heavy atom. The highest BCUT2D eigenvalue weighted by Crippen LogP contribution is 2.33. The van der Waals surface area contributed by atoms with Crippen molar-refractivity contribution in [3.63, 3.8) is 0 Å². The average molecular weight is 263 g/mol. The summed E-state index contributed by atoms with van der Waals surface area (Å²) in [5.74, 6) is 1.19. The van der Waals surface area contributed by atoms with Gasteiger partial charge in [-0.1, -0.05) is 0 Å². The number of hydrogen-bond donors (Lipinski definition) is 1. The minimum atomic E-state index is 0.170. The van der Waals surface area contributed by atoms with E-state index >= 15 is 0 Å². The molecule has 0 aromatic carbocycles. The van der Waals surface area contributed by atoms with Crippen molar-refractivity contribution in [3.05, 3.63) is 18.2 Å². The van der Waals surface area contributed by atoms with E-state index in [1.54, 1.807) is 0 Å². The van der Waals surface area contributed by atoms with Gasteiger partial charge in [0.15, 0.2) is 0 Å². The maximum absolute atomic E-state index is 6.18. The molecule has 5 nitrogen and oxygen atoms in total. The molecule has 2 unspecified atom stereocenters. The fraction of sp³-hybridized carbons (Fsp3) is 0.786. The van der Waals surface area contributed by atoms with Gasteiger partial charge < -0.3 is 15.2 Å². The van der Waals surface area contributed by atoms with Crippen molar-refractivity contribution in [1.29, 1.82) is 0 Å². The molecule has 5 heteroatoms. The number of likely N-dealkylation sites (tertiary alicyclic amines) is 1. The van der Waals surface area contributed by atoms with Gasteiger partial charge in [-0.25, -0.2) is 4.98 Å². The van der Waals surface area contributed by atoms with Crippen LogP contribution in [-0.4, -0.2) is 57.6 Å². The number of hydrogen-bond acceptors (Lipinski definition) is 4. The summed E-state index contributed by atoms with van der Waals surface area (Å²) >= 11 is 0. The molecule has 106 valence electrons. The lowest BCUT2D eigenvalue weighted by molar-refractivity contribution is -0.00656. The lowest BCUT2D eigenvalue weighted by Crippen LogP contribution is -2.62. The molecule has 2 aliphatic rings. The number of piperidine rings is 1. The predicted molar refractivity (Wildman–Crippen MR) is 75.7 cm³/mol. The van der Waals surface area contributed by atoms with Crippen LogP contribution in [0.3, 0.4) is 0 Å². The summed E-state index contributed by atoms with van der Waals surface area (Å²) in [6.07, 6.45) is 6.33.